The van der Waals surface area contributed by atoms with Gasteiger partial charge in [-0.1, -0.05) is 6.07 Å². The number of carbonyl (C=O) groups is 5. The average Bonchev–Trinajstić information content (AvgIpc) is 3.29. The van der Waals surface area contributed by atoms with E-state index < -0.39 is 48.9 Å². The molecule has 0 aromatic heterocycles. The number of carboxylic acids is 2. The maximum Gasteiger partial charge on any atom is 0.326 e. The fraction of sp³-hybridized carbons (Fsp3) is 0.375. The van der Waals surface area contributed by atoms with Crippen LogP contribution in [-0.2, 0) is 38.2 Å². The summed E-state index contributed by atoms with van der Waals surface area (Å²) < 4.78 is 44.1. The number of hydrogen-bond donors (Lipinski definition) is 3. The molecular weight excluding hydrogens is 871 g/mol. The zero-order valence-corrected chi connectivity index (χ0v) is 38.6. The lowest BCUT2D eigenvalue weighted by Crippen LogP contribution is -2.44. The number of nitrogens with one attached hydrogen (secondary N) is 1. The second kappa shape index (κ2) is 22.1. The molecule has 3 aromatic rings. The maximum atomic E-state index is 13.4. The molecule has 1 amide bonds. The molecule has 1 atom stereocenters. The number of hydrogen-bond acceptors (Lipinski definition) is 15. The summed E-state index contributed by atoms with van der Waals surface area (Å²) in [7, 11) is 10.2. The van der Waals surface area contributed by atoms with Gasteiger partial charge in [0, 0.05) is 73.1 Å². The zero-order chi connectivity index (χ0) is 48.4. The molecule has 1 unspecified atom stereocenters. The van der Waals surface area contributed by atoms with Crippen molar-refractivity contribution < 1.29 is 67.0 Å². The molecule has 2 heterocycles. The van der Waals surface area contributed by atoms with Crippen molar-refractivity contribution in [2.75, 3.05) is 116 Å². The maximum absolute atomic E-state index is 13.4. The van der Waals surface area contributed by atoms with E-state index in [-0.39, 0.29) is 64.1 Å². The van der Waals surface area contributed by atoms with Gasteiger partial charge in [0.1, 0.15) is 75.0 Å². The molecule has 2 aliphatic heterocycles. The Labute approximate surface area is 386 Å². The summed E-state index contributed by atoms with van der Waals surface area (Å²) in [5, 5.41) is 22.8. The lowest BCUT2D eigenvalue weighted by molar-refractivity contribution is -0.147. The molecule has 0 radical (unpaired) electrons. The van der Waals surface area contributed by atoms with Crippen LogP contribution in [0.2, 0.25) is 0 Å². The molecule has 0 saturated heterocycles. The number of rotatable bonds is 13. The fourth-order valence-electron chi connectivity index (χ4n) is 7.46. The van der Waals surface area contributed by atoms with Crippen LogP contribution < -0.4 is 44.2 Å². The van der Waals surface area contributed by atoms with Gasteiger partial charge in [0.05, 0.1) is 51.3 Å². The second-order valence-electron chi connectivity index (χ2n) is 16.1. The Morgan fingerprint density at radius 2 is 1.45 bits per heavy atom. The number of fused-ring (bicyclic) bond motifs is 4. The van der Waals surface area contributed by atoms with Gasteiger partial charge in [0.2, 0.25) is 5.36 Å². The third-order valence-electron chi connectivity index (χ3n) is 10.9. The normalized spacial score (nSPS) is 13.7. The van der Waals surface area contributed by atoms with Crippen molar-refractivity contribution in [1.82, 2.24) is 9.89 Å². The number of carbonyl (C=O) groups excluding carboxylic acids is 3. The lowest BCUT2D eigenvalue weighted by atomic mass is 9.92. The minimum Gasteiger partial charge on any atom is -0.488 e. The molecule has 0 spiro atoms. The van der Waals surface area contributed by atoms with Gasteiger partial charge < -0.3 is 63.1 Å². The molecule has 0 bridgehead atoms. The van der Waals surface area contributed by atoms with Crippen LogP contribution in [0, 0.1) is 6.92 Å². The van der Waals surface area contributed by atoms with Crippen molar-refractivity contribution in [3.63, 3.8) is 0 Å². The number of aryl methyl sites for hydroxylation is 1. The third-order valence-corrected chi connectivity index (χ3v) is 10.9. The first-order valence-corrected chi connectivity index (χ1v) is 21.4. The smallest absolute Gasteiger partial charge is 0.326 e. The topological polar surface area (TPSA) is 219 Å². The van der Waals surface area contributed by atoms with E-state index >= 15 is 0 Å². The molecule has 19 heteroatoms. The van der Waals surface area contributed by atoms with Crippen LogP contribution in [0.25, 0.3) is 33.4 Å². The zero-order valence-electron chi connectivity index (χ0n) is 38.6. The summed E-state index contributed by atoms with van der Waals surface area (Å²) in [6.45, 7) is 1.57. The summed E-state index contributed by atoms with van der Waals surface area (Å²) in [6, 6.07) is 18.8. The van der Waals surface area contributed by atoms with E-state index in [0.29, 0.717) is 50.5 Å². The van der Waals surface area contributed by atoms with Crippen molar-refractivity contribution in [3.8, 4) is 39.7 Å². The molecule has 3 aliphatic rings. The summed E-state index contributed by atoms with van der Waals surface area (Å²) in [4.78, 5) is 67.8. The second-order valence-corrected chi connectivity index (χ2v) is 16.1. The van der Waals surface area contributed by atoms with Crippen molar-refractivity contribution in [2.24, 2.45) is 0 Å². The molecule has 0 saturated carbocycles. The van der Waals surface area contributed by atoms with Crippen LogP contribution >= 0.6 is 0 Å². The first-order valence-electron chi connectivity index (χ1n) is 21.4. The van der Waals surface area contributed by atoms with Gasteiger partial charge in [-0.2, -0.15) is 0 Å². The summed E-state index contributed by atoms with van der Waals surface area (Å²) in [5.41, 5.74) is 5.04. The quantitative estimate of drug-likeness (QED) is 0.0875. The van der Waals surface area contributed by atoms with Crippen LogP contribution in [0.15, 0.2) is 71.1 Å². The first-order chi connectivity index (χ1) is 32.1. The van der Waals surface area contributed by atoms with Crippen LogP contribution in [0.4, 0.5) is 17.1 Å². The Morgan fingerprint density at radius 3 is 2.06 bits per heavy atom. The monoisotopic (exact) mass is 926 g/mol. The minimum atomic E-state index is -1.72. The predicted octanol–water partition coefficient (Wildman–Crippen LogP) is 3.48. The van der Waals surface area contributed by atoms with Crippen molar-refractivity contribution in [3.05, 3.63) is 77.7 Å². The van der Waals surface area contributed by atoms with E-state index in [1.807, 2.05) is 99.2 Å². The number of carboxylic acid groups (broad SMARTS) is 2. The van der Waals surface area contributed by atoms with E-state index in [9.17, 15) is 34.2 Å². The summed E-state index contributed by atoms with van der Waals surface area (Å²) in [5.74, 6) is -3.44. The number of ether oxygens (including phenoxy) is 6. The van der Waals surface area contributed by atoms with E-state index in [4.69, 9.17) is 32.8 Å². The van der Waals surface area contributed by atoms with Gasteiger partial charge in [-0.3, -0.25) is 19.2 Å². The molecule has 19 nitrogen and oxygen atoms in total. The molecule has 0 fully saturated rings. The van der Waals surface area contributed by atoms with Crippen molar-refractivity contribution >= 4 is 57.8 Å². The summed E-state index contributed by atoms with van der Waals surface area (Å²) >= 11 is 0. The lowest BCUT2D eigenvalue weighted by Gasteiger charge is -2.28. The number of anilines is 3. The average molecular weight is 927 g/mol. The molecule has 1 aliphatic carbocycles. The third kappa shape index (κ3) is 12.2. The highest BCUT2D eigenvalue weighted by Gasteiger charge is 2.28. The van der Waals surface area contributed by atoms with Crippen LogP contribution in [0.1, 0.15) is 12.0 Å². The molecule has 356 valence electrons. The molecule has 6 rings (SSSR count). The van der Waals surface area contributed by atoms with E-state index in [1.54, 1.807) is 21.9 Å². The van der Waals surface area contributed by atoms with E-state index in [0.717, 1.165) is 16.6 Å². The predicted molar refractivity (Wildman–Crippen MR) is 248 cm³/mol. The number of nitrogens with zero attached hydrogens (tertiary/aromatic N) is 4. The number of esters is 2. The Balaban J connectivity index is 1.55. The Morgan fingerprint density at radius 1 is 0.791 bits per heavy atom. The van der Waals surface area contributed by atoms with Crippen LogP contribution in [0.3, 0.4) is 0 Å². The molecule has 3 aromatic carbocycles. The molecule has 67 heavy (non-hydrogen) atoms. The highest BCUT2D eigenvalue weighted by Crippen LogP contribution is 2.48. The van der Waals surface area contributed by atoms with Gasteiger partial charge in [-0.05, 0) is 48.9 Å². The van der Waals surface area contributed by atoms with Crippen LogP contribution in [0.5, 0.6) is 17.2 Å². The van der Waals surface area contributed by atoms with E-state index in [1.165, 1.54) is 14.2 Å². The van der Waals surface area contributed by atoms with Gasteiger partial charge in [0.25, 0.3) is 5.91 Å². The molecular formula is C48H56N5O14+. The van der Waals surface area contributed by atoms with E-state index in [2.05, 4.69) is 5.32 Å². The Bertz CT molecular complexity index is 2680. The summed E-state index contributed by atoms with van der Waals surface area (Å²) in [6.07, 6.45) is -0.860. The Kier molecular flexibility index (Phi) is 16.1. The largest absolute Gasteiger partial charge is 0.488 e. The Hall–Kier alpha value is -7.54. The highest BCUT2D eigenvalue weighted by atomic mass is 16.5. The minimum absolute atomic E-state index is 0.00778. The SMILES string of the molecule is COC(=O)CN1CCOCCN(CC(=O)OC)c2cc(OCC(=O)NC(CC(=O)O)C(=O)O)c(-c3c4ccc(=[N+](C)C)cc-4oc4cc(N(C)C)ccc34)cc2OCCOc2cc(C)ccc21. The van der Waals surface area contributed by atoms with Gasteiger partial charge in [0.15, 0.2) is 6.61 Å². The standard InChI is InChI=1S/C48H55N5O14/c1-29-8-13-36-41(20-29)64-18-19-65-42-23-34(47-32-11-9-30(50(2)3)21-39(32)67-40-22-31(51(4)5)10-12-33(40)47)38(66-28-43(54)49-35(48(59)60)24-44(55)56)25-37(42)53(27-46(58)62-7)15-17-63-16-14-52(36)26-45(57)61-6/h8-13,20-23,25,35H,14-19,24,26-28H2,1-7H3,(H2-,49,54,55,56,59,60)/p+1. The van der Waals surface area contributed by atoms with Crippen molar-refractivity contribution in [1.29, 1.82) is 0 Å². The number of aliphatic carboxylic acids is 2. The van der Waals surface area contributed by atoms with Gasteiger partial charge >= 0.3 is 23.9 Å². The van der Waals surface area contributed by atoms with Crippen LogP contribution in [-0.4, -0.2) is 148 Å². The number of amides is 1. The number of methoxy groups -OCH3 is 2. The molecule has 3 N–H and O–H groups in total. The van der Waals surface area contributed by atoms with Crippen molar-refractivity contribution in [2.45, 2.75) is 19.4 Å². The van der Waals surface area contributed by atoms with Gasteiger partial charge in [-0.15, -0.1) is 0 Å². The van der Waals surface area contributed by atoms with Gasteiger partial charge in [-0.25, -0.2) is 9.37 Å². The fourth-order valence-corrected chi connectivity index (χ4v) is 7.46. The first kappa shape index (κ1) is 48.9. The highest BCUT2D eigenvalue weighted by molar-refractivity contribution is 6.04. The number of benzene rings is 4.